The molecule has 13 heteroatoms. The van der Waals surface area contributed by atoms with Crippen LogP contribution < -0.4 is 11.0 Å². The summed E-state index contributed by atoms with van der Waals surface area (Å²) in [6, 6.07) is 0. The Morgan fingerprint density at radius 1 is 1.52 bits per heavy atom. The average molecular weight is 375 g/mol. The largest absolute Gasteiger partial charge is 0.469 e. The topological polar surface area (TPSA) is 161 Å². The molecule has 138 valence electrons. The molecule has 1 fully saturated rings. The van der Waals surface area contributed by atoms with Gasteiger partial charge in [-0.3, -0.25) is 13.7 Å². The van der Waals surface area contributed by atoms with E-state index in [1.807, 2.05) is 0 Å². The van der Waals surface area contributed by atoms with Crippen LogP contribution in [0.1, 0.15) is 12.6 Å². The molecule has 2 aromatic rings. The molecule has 4 N–H and O–H groups in total. The second-order valence-electron chi connectivity index (χ2n) is 5.59. The van der Waals surface area contributed by atoms with Gasteiger partial charge < -0.3 is 24.9 Å². The molecule has 1 aliphatic heterocycles. The minimum absolute atomic E-state index is 0.131. The smallest absolute Gasteiger partial charge is 0.390 e. The third kappa shape index (κ3) is 3.45. The highest BCUT2D eigenvalue weighted by molar-refractivity contribution is 7.46. The van der Waals surface area contributed by atoms with Crippen molar-refractivity contribution in [2.24, 2.45) is 7.05 Å². The fourth-order valence-electron chi connectivity index (χ4n) is 2.76. The summed E-state index contributed by atoms with van der Waals surface area (Å²) in [5.41, 5.74) is 0.248. The van der Waals surface area contributed by atoms with Crippen molar-refractivity contribution in [3.63, 3.8) is 0 Å². The number of phosphoric acid groups is 1. The van der Waals surface area contributed by atoms with E-state index in [4.69, 9.17) is 14.5 Å². The van der Waals surface area contributed by atoms with Crippen LogP contribution in [0.2, 0.25) is 0 Å². The van der Waals surface area contributed by atoms with E-state index in [0.29, 0.717) is 11.3 Å². The van der Waals surface area contributed by atoms with E-state index in [1.165, 1.54) is 15.5 Å². The number of hydrogen-bond acceptors (Lipinski definition) is 8. The Kier molecular flexibility index (Phi) is 4.66. The number of rotatable bonds is 5. The predicted octanol–water partition coefficient (Wildman–Crippen LogP) is -1.07. The molecule has 0 spiro atoms. The van der Waals surface area contributed by atoms with Crippen molar-refractivity contribution in [1.82, 2.24) is 19.1 Å². The van der Waals surface area contributed by atoms with Crippen LogP contribution in [0.15, 0.2) is 11.1 Å². The molecule has 1 aliphatic rings. The zero-order valence-electron chi connectivity index (χ0n) is 13.4. The highest BCUT2D eigenvalue weighted by Crippen LogP contribution is 2.38. The van der Waals surface area contributed by atoms with Crippen LogP contribution in [0.25, 0.3) is 11.2 Å². The molecular formula is C12H18N5O7P. The first-order valence-electron chi connectivity index (χ1n) is 7.36. The van der Waals surface area contributed by atoms with Gasteiger partial charge in [0.1, 0.15) is 23.7 Å². The van der Waals surface area contributed by atoms with Crippen LogP contribution in [0.4, 0.5) is 5.82 Å². The Morgan fingerprint density at radius 3 is 2.88 bits per heavy atom. The lowest BCUT2D eigenvalue weighted by Gasteiger charge is -2.16. The third-order valence-electron chi connectivity index (χ3n) is 3.97. The van der Waals surface area contributed by atoms with Gasteiger partial charge >= 0.3 is 13.5 Å². The predicted molar refractivity (Wildman–Crippen MR) is 84.8 cm³/mol. The number of imidazole rings is 1. The van der Waals surface area contributed by atoms with Crippen molar-refractivity contribution >= 4 is 24.8 Å². The monoisotopic (exact) mass is 375 g/mol. The summed E-state index contributed by atoms with van der Waals surface area (Å²) in [4.78, 5) is 37.7. The van der Waals surface area contributed by atoms with Gasteiger partial charge in [-0.05, 0) is 0 Å². The molecule has 0 bridgehead atoms. The van der Waals surface area contributed by atoms with E-state index in [1.54, 1.807) is 14.1 Å². The molecule has 25 heavy (non-hydrogen) atoms. The Labute approximate surface area is 141 Å². The van der Waals surface area contributed by atoms with Crippen LogP contribution in [-0.2, 0) is 20.9 Å². The highest BCUT2D eigenvalue weighted by atomic mass is 31.2. The lowest BCUT2D eigenvalue weighted by molar-refractivity contribution is -0.0424. The van der Waals surface area contributed by atoms with E-state index >= 15 is 0 Å². The summed E-state index contributed by atoms with van der Waals surface area (Å²) < 4.78 is 23.6. The Morgan fingerprint density at radius 2 is 2.24 bits per heavy atom. The van der Waals surface area contributed by atoms with Gasteiger partial charge in [-0.25, -0.2) is 14.3 Å². The van der Waals surface area contributed by atoms with Gasteiger partial charge in [-0.2, -0.15) is 4.98 Å². The Hall–Kier alpha value is -1.82. The zero-order valence-corrected chi connectivity index (χ0v) is 14.3. The Bertz CT molecular complexity index is 890. The number of aromatic nitrogens is 4. The minimum atomic E-state index is -4.66. The molecule has 2 aromatic heterocycles. The van der Waals surface area contributed by atoms with Gasteiger partial charge in [0.15, 0.2) is 5.65 Å². The number of ether oxygens (including phenoxy) is 1. The van der Waals surface area contributed by atoms with E-state index in [-0.39, 0.29) is 12.1 Å². The first kappa shape index (κ1) is 18.0. The summed E-state index contributed by atoms with van der Waals surface area (Å²) in [7, 11) is -1.45. The number of nitrogens with zero attached hydrogens (tertiary/aromatic N) is 4. The van der Waals surface area contributed by atoms with Crippen molar-refractivity contribution < 1.29 is 28.7 Å². The molecule has 12 nitrogen and oxygen atoms in total. The molecule has 3 rings (SSSR count). The molecule has 3 atom stereocenters. The Balaban J connectivity index is 1.89. The van der Waals surface area contributed by atoms with Gasteiger partial charge in [0.25, 0.3) is 0 Å². The lowest BCUT2D eigenvalue weighted by Crippen LogP contribution is -2.26. The standard InChI is InChI=1S/C12H18N5O7P/c1-13-10-9-11(15-12(19)16(10)2)17(5-14-9)8-3-6(18)7(24-8)4-23-25(20,21)22/h5-8,13,18H,3-4H2,1-2H3,(H2,20,21,22)/t6-,7+,8+/m0/s1. The number of anilines is 1. The fraction of sp³-hybridized carbons (Fsp3) is 0.583. The first-order chi connectivity index (χ1) is 11.7. The number of nitrogens with one attached hydrogen (secondary N) is 1. The molecule has 0 radical (unpaired) electrons. The zero-order chi connectivity index (χ0) is 18.4. The summed E-state index contributed by atoms with van der Waals surface area (Å²) in [6.07, 6.45) is -1.06. The van der Waals surface area contributed by atoms with E-state index in [2.05, 4.69) is 19.8 Å². The third-order valence-corrected chi connectivity index (χ3v) is 4.46. The first-order valence-corrected chi connectivity index (χ1v) is 8.89. The van der Waals surface area contributed by atoms with Gasteiger partial charge in [-0.15, -0.1) is 0 Å². The van der Waals surface area contributed by atoms with Crippen molar-refractivity contribution in [3.05, 3.63) is 16.8 Å². The maximum absolute atomic E-state index is 12.0. The number of fused-ring (bicyclic) bond motifs is 1. The maximum atomic E-state index is 12.0. The number of aliphatic hydroxyl groups is 1. The molecule has 0 amide bonds. The van der Waals surface area contributed by atoms with Crippen molar-refractivity contribution in [2.45, 2.75) is 24.9 Å². The van der Waals surface area contributed by atoms with Gasteiger partial charge in [-0.1, -0.05) is 0 Å². The second-order valence-corrected chi connectivity index (χ2v) is 6.83. The molecule has 0 unspecified atom stereocenters. The summed E-state index contributed by atoms with van der Waals surface area (Å²) in [5.74, 6) is 0.480. The molecule has 0 saturated carbocycles. The van der Waals surface area contributed by atoms with Crippen molar-refractivity contribution in [3.8, 4) is 0 Å². The van der Waals surface area contributed by atoms with E-state index < -0.39 is 38.6 Å². The minimum Gasteiger partial charge on any atom is -0.390 e. The average Bonchev–Trinajstić information content (AvgIpc) is 3.09. The molecule has 3 heterocycles. The second kappa shape index (κ2) is 6.48. The van der Waals surface area contributed by atoms with E-state index in [0.717, 1.165) is 0 Å². The van der Waals surface area contributed by atoms with Crippen LogP contribution >= 0.6 is 7.82 Å². The number of phosphoric ester groups is 1. The van der Waals surface area contributed by atoms with Crippen LogP contribution in [0.3, 0.4) is 0 Å². The lowest BCUT2D eigenvalue weighted by atomic mass is 10.2. The molecule has 0 aliphatic carbocycles. The summed E-state index contributed by atoms with van der Waals surface area (Å²) in [6.45, 7) is -0.467. The number of aliphatic hydroxyl groups excluding tert-OH is 1. The van der Waals surface area contributed by atoms with Crippen molar-refractivity contribution in [1.29, 1.82) is 0 Å². The molecule has 0 aromatic carbocycles. The van der Waals surface area contributed by atoms with Crippen molar-refractivity contribution in [2.75, 3.05) is 19.0 Å². The van der Waals surface area contributed by atoms with Crippen LogP contribution in [0, 0.1) is 0 Å². The summed E-state index contributed by atoms with van der Waals surface area (Å²) in [5, 5.41) is 12.9. The van der Waals surface area contributed by atoms with Gasteiger partial charge in [0, 0.05) is 20.5 Å². The highest BCUT2D eigenvalue weighted by Gasteiger charge is 2.37. The fourth-order valence-corrected chi connectivity index (χ4v) is 3.10. The number of hydrogen-bond donors (Lipinski definition) is 4. The maximum Gasteiger partial charge on any atom is 0.469 e. The van der Waals surface area contributed by atoms with Gasteiger partial charge in [0.05, 0.1) is 19.0 Å². The SMILES string of the molecule is CNc1c2ncn([C@H]3C[C@H](O)[C@@H](COP(=O)(O)O)O3)c2nc(=O)n1C. The van der Waals surface area contributed by atoms with Gasteiger partial charge in [0.2, 0.25) is 0 Å². The molecular weight excluding hydrogens is 357 g/mol. The normalized spacial score (nSPS) is 24.1. The van der Waals surface area contributed by atoms with E-state index in [9.17, 15) is 14.5 Å². The van der Waals surface area contributed by atoms with Crippen LogP contribution in [0.5, 0.6) is 0 Å². The summed E-state index contributed by atoms with van der Waals surface area (Å²) >= 11 is 0. The molecule has 1 saturated heterocycles. The van der Waals surface area contributed by atoms with Crippen LogP contribution in [-0.4, -0.2) is 59.9 Å². The quantitative estimate of drug-likeness (QED) is 0.474.